The van der Waals surface area contributed by atoms with Gasteiger partial charge in [0.25, 0.3) is 0 Å². The second-order valence-electron chi connectivity index (χ2n) is 8.16. The third-order valence-electron chi connectivity index (χ3n) is 5.90. The first-order valence-electron chi connectivity index (χ1n) is 10.9. The van der Waals surface area contributed by atoms with Gasteiger partial charge in [-0.15, -0.1) is 0 Å². The normalized spacial score (nSPS) is 16.7. The van der Waals surface area contributed by atoms with Crippen LogP contribution in [0.5, 0.6) is 0 Å². The van der Waals surface area contributed by atoms with Gasteiger partial charge in [0.15, 0.2) is 0 Å². The SMILES string of the molecule is C[C@@H]1CCCN1C(=O)N(Cc1ccccc1-n1cncn1)C(=O)[C@H](N)Cc1ccccc1. The molecule has 2 N–H and O–H groups in total. The first kappa shape index (κ1) is 21.7. The molecule has 0 saturated carbocycles. The largest absolute Gasteiger partial charge is 0.327 e. The van der Waals surface area contributed by atoms with Crippen LogP contribution < -0.4 is 5.73 Å². The Hall–Kier alpha value is -3.52. The van der Waals surface area contributed by atoms with E-state index in [-0.39, 0.29) is 24.5 Å². The molecular formula is C24H28N6O2. The lowest BCUT2D eigenvalue weighted by Gasteiger charge is -2.31. The Bertz CT molecular complexity index is 1050. The average Bonchev–Trinajstić information content (AvgIpc) is 3.49. The number of urea groups is 1. The summed E-state index contributed by atoms with van der Waals surface area (Å²) < 4.78 is 1.63. The predicted octanol–water partition coefficient (Wildman–Crippen LogP) is 2.77. The molecule has 1 aliphatic heterocycles. The minimum atomic E-state index is -0.821. The maximum Gasteiger partial charge on any atom is 0.327 e. The molecular weight excluding hydrogens is 404 g/mol. The first-order valence-corrected chi connectivity index (χ1v) is 10.9. The third kappa shape index (κ3) is 4.70. The summed E-state index contributed by atoms with van der Waals surface area (Å²) in [5.74, 6) is -0.383. The number of carbonyl (C=O) groups excluding carboxylic acids is 2. The second kappa shape index (κ2) is 9.74. The van der Waals surface area contributed by atoms with Gasteiger partial charge in [0.1, 0.15) is 12.7 Å². The highest BCUT2D eigenvalue weighted by molar-refractivity contribution is 5.97. The zero-order valence-corrected chi connectivity index (χ0v) is 18.2. The summed E-state index contributed by atoms with van der Waals surface area (Å²) in [7, 11) is 0. The van der Waals surface area contributed by atoms with Gasteiger partial charge in [0.2, 0.25) is 5.91 Å². The Morgan fingerprint density at radius 3 is 2.59 bits per heavy atom. The molecule has 2 aromatic carbocycles. The van der Waals surface area contributed by atoms with Crippen molar-refractivity contribution in [2.75, 3.05) is 6.54 Å². The Kier molecular flexibility index (Phi) is 6.61. The van der Waals surface area contributed by atoms with Crippen molar-refractivity contribution in [3.05, 3.63) is 78.4 Å². The van der Waals surface area contributed by atoms with Gasteiger partial charge in [-0.05, 0) is 43.4 Å². The number of likely N-dealkylation sites (tertiary alicyclic amines) is 1. The number of amides is 3. The van der Waals surface area contributed by atoms with Crippen LogP contribution in [0, 0.1) is 0 Å². The smallest absolute Gasteiger partial charge is 0.322 e. The first-order chi connectivity index (χ1) is 15.5. The van der Waals surface area contributed by atoms with Crippen molar-refractivity contribution in [2.45, 2.75) is 44.8 Å². The molecule has 3 aromatic rings. The molecule has 3 amide bonds. The molecule has 1 saturated heterocycles. The highest BCUT2D eigenvalue weighted by Gasteiger charge is 2.34. The van der Waals surface area contributed by atoms with E-state index in [1.54, 1.807) is 15.9 Å². The lowest BCUT2D eigenvalue weighted by molar-refractivity contribution is -0.130. The van der Waals surface area contributed by atoms with E-state index in [1.165, 1.54) is 11.2 Å². The molecule has 8 heteroatoms. The van der Waals surface area contributed by atoms with Crippen molar-refractivity contribution in [2.24, 2.45) is 5.73 Å². The molecule has 2 heterocycles. The van der Waals surface area contributed by atoms with Crippen molar-refractivity contribution in [3.63, 3.8) is 0 Å². The van der Waals surface area contributed by atoms with Crippen molar-refractivity contribution in [1.82, 2.24) is 24.6 Å². The van der Waals surface area contributed by atoms with E-state index in [0.717, 1.165) is 29.7 Å². The van der Waals surface area contributed by atoms with Gasteiger partial charge in [-0.3, -0.25) is 9.69 Å². The van der Waals surface area contributed by atoms with E-state index in [4.69, 9.17) is 5.73 Å². The number of aromatic nitrogens is 3. The van der Waals surface area contributed by atoms with E-state index in [2.05, 4.69) is 10.1 Å². The molecule has 1 fully saturated rings. The number of hydrogen-bond donors (Lipinski definition) is 1. The van der Waals surface area contributed by atoms with Gasteiger partial charge in [0, 0.05) is 12.6 Å². The lowest BCUT2D eigenvalue weighted by atomic mass is 10.0. The monoisotopic (exact) mass is 432 g/mol. The molecule has 0 radical (unpaired) electrons. The van der Waals surface area contributed by atoms with E-state index in [1.807, 2.05) is 61.5 Å². The summed E-state index contributed by atoms with van der Waals surface area (Å²) in [6.45, 7) is 2.77. The predicted molar refractivity (Wildman–Crippen MR) is 121 cm³/mol. The molecule has 1 aliphatic rings. The quantitative estimate of drug-likeness (QED) is 0.646. The second-order valence-corrected chi connectivity index (χ2v) is 8.16. The summed E-state index contributed by atoms with van der Waals surface area (Å²) in [4.78, 5) is 34.0. The summed E-state index contributed by atoms with van der Waals surface area (Å²) in [5, 5.41) is 4.21. The van der Waals surface area contributed by atoms with Crippen molar-refractivity contribution < 1.29 is 9.59 Å². The fraction of sp³-hybridized carbons (Fsp3) is 0.333. The molecule has 166 valence electrons. The Labute approximate surface area is 187 Å². The molecule has 0 unspecified atom stereocenters. The fourth-order valence-corrected chi connectivity index (χ4v) is 4.14. The Morgan fingerprint density at radius 1 is 1.16 bits per heavy atom. The molecule has 0 bridgehead atoms. The zero-order valence-electron chi connectivity index (χ0n) is 18.2. The summed E-state index contributed by atoms with van der Waals surface area (Å²) in [5.41, 5.74) is 8.83. The number of imide groups is 1. The van der Waals surface area contributed by atoms with Crippen LogP contribution in [0.15, 0.2) is 67.3 Å². The van der Waals surface area contributed by atoms with Crippen molar-refractivity contribution in [3.8, 4) is 5.69 Å². The van der Waals surface area contributed by atoms with Crippen molar-refractivity contribution in [1.29, 1.82) is 0 Å². The van der Waals surface area contributed by atoms with Crippen LogP contribution in [0.4, 0.5) is 4.79 Å². The van der Waals surface area contributed by atoms with Crippen LogP contribution in [-0.4, -0.2) is 55.1 Å². The van der Waals surface area contributed by atoms with Crippen LogP contribution in [0.3, 0.4) is 0 Å². The highest BCUT2D eigenvalue weighted by atomic mass is 16.2. The molecule has 4 rings (SSSR count). The van der Waals surface area contributed by atoms with Gasteiger partial charge in [-0.1, -0.05) is 48.5 Å². The number of rotatable bonds is 6. The number of hydrogen-bond acceptors (Lipinski definition) is 5. The van der Waals surface area contributed by atoms with E-state index in [0.29, 0.717) is 13.0 Å². The van der Waals surface area contributed by atoms with Crippen LogP contribution in [-0.2, 0) is 17.8 Å². The van der Waals surface area contributed by atoms with E-state index < -0.39 is 6.04 Å². The molecule has 0 spiro atoms. The number of nitrogens with zero attached hydrogens (tertiary/aromatic N) is 5. The Balaban J connectivity index is 1.63. The third-order valence-corrected chi connectivity index (χ3v) is 5.90. The standard InChI is InChI=1S/C24H28N6O2/c1-18-8-7-13-28(18)24(32)29(23(31)21(25)14-19-9-3-2-4-10-19)15-20-11-5-6-12-22(20)30-17-26-16-27-30/h2-6,9-12,16-18,21H,7-8,13-15,25H2,1H3/t18-,21-/m1/s1. The van der Waals surface area contributed by atoms with Gasteiger partial charge in [0.05, 0.1) is 18.3 Å². The molecule has 8 nitrogen and oxygen atoms in total. The number of benzene rings is 2. The van der Waals surface area contributed by atoms with Crippen LogP contribution in [0.2, 0.25) is 0 Å². The number of para-hydroxylation sites is 1. The van der Waals surface area contributed by atoms with Gasteiger partial charge < -0.3 is 10.6 Å². The molecule has 0 aliphatic carbocycles. The zero-order chi connectivity index (χ0) is 22.5. The molecule has 1 aromatic heterocycles. The molecule has 2 atom stereocenters. The molecule has 32 heavy (non-hydrogen) atoms. The van der Waals surface area contributed by atoms with Gasteiger partial charge in [-0.25, -0.2) is 14.5 Å². The minimum absolute atomic E-state index is 0.0914. The van der Waals surface area contributed by atoms with Gasteiger partial charge >= 0.3 is 6.03 Å². The topological polar surface area (TPSA) is 97.4 Å². The van der Waals surface area contributed by atoms with Crippen LogP contribution in [0.25, 0.3) is 5.69 Å². The van der Waals surface area contributed by atoms with Crippen LogP contribution >= 0.6 is 0 Å². The summed E-state index contributed by atoms with van der Waals surface area (Å²) in [6.07, 6.45) is 5.27. The number of nitrogens with two attached hydrogens (primary N) is 1. The summed E-state index contributed by atoms with van der Waals surface area (Å²) >= 11 is 0. The van der Waals surface area contributed by atoms with Gasteiger partial charge in [-0.2, -0.15) is 5.10 Å². The fourth-order valence-electron chi connectivity index (χ4n) is 4.14. The van der Waals surface area contributed by atoms with E-state index in [9.17, 15) is 9.59 Å². The highest BCUT2D eigenvalue weighted by Crippen LogP contribution is 2.22. The lowest BCUT2D eigenvalue weighted by Crippen LogP contribution is -2.52. The minimum Gasteiger partial charge on any atom is -0.322 e. The maximum absolute atomic E-state index is 13.5. The Morgan fingerprint density at radius 2 is 1.91 bits per heavy atom. The van der Waals surface area contributed by atoms with Crippen LogP contribution in [0.1, 0.15) is 30.9 Å². The van der Waals surface area contributed by atoms with Crippen molar-refractivity contribution >= 4 is 11.9 Å². The van der Waals surface area contributed by atoms with E-state index >= 15 is 0 Å². The number of carbonyl (C=O) groups is 2. The maximum atomic E-state index is 13.5. The summed E-state index contributed by atoms with van der Waals surface area (Å²) in [6, 6.07) is 16.1. The average molecular weight is 433 g/mol.